The van der Waals surface area contributed by atoms with Gasteiger partial charge in [-0.05, 0) is 31.5 Å². The summed E-state index contributed by atoms with van der Waals surface area (Å²) in [6, 6.07) is 4.91. The summed E-state index contributed by atoms with van der Waals surface area (Å²) in [7, 11) is 0. The van der Waals surface area contributed by atoms with Gasteiger partial charge in [0.2, 0.25) is 5.91 Å². The Morgan fingerprint density at radius 3 is 2.69 bits per heavy atom. The Bertz CT molecular complexity index is 970. The molecule has 1 N–H and O–H groups in total. The van der Waals surface area contributed by atoms with E-state index in [1.54, 1.807) is 11.3 Å². The second kappa shape index (κ2) is 7.24. The Morgan fingerprint density at radius 2 is 1.96 bits per heavy atom. The molecule has 3 rings (SSSR count). The quantitative estimate of drug-likeness (QED) is 0.494. The van der Waals surface area contributed by atoms with Crippen LogP contribution in [-0.4, -0.2) is 21.6 Å². The molecule has 0 aliphatic heterocycles. The number of thioether (sulfide) groups is 1. The molecule has 0 unspecified atom stereocenters. The number of aromatic nitrogens is 2. The zero-order chi connectivity index (χ0) is 18.9. The summed E-state index contributed by atoms with van der Waals surface area (Å²) < 4.78 is 39.0. The topological polar surface area (TPSA) is 54.9 Å². The molecule has 26 heavy (non-hydrogen) atoms. The second-order valence-electron chi connectivity index (χ2n) is 5.52. The van der Waals surface area contributed by atoms with Crippen LogP contribution in [0.1, 0.15) is 16.0 Å². The fourth-order valence-corrected chi connectivity index (χ4v) is 4.34. The predicted octanol–water partition coefficient (Wildman–Crippen LogP) is 5.06. The number of carbonyl (C=O) groups excluding carboxylic acids is 1. The van der Waals surface area contributed by atoms with Crippen LogP contribution in [0.25, 0.3) is 10.2 Å². The van der Waals surface area contributed by atoms with Crippen molar-refractivity contribution in [1.29, 1.82) is 0 Å². The highest BCUT2D eigenvalue weighted by Gasteiger charge is 2.33. The molecule has 0 radical (unpaired) electrons. The maximum atomic E-state index is 13.0. The minimum absolute atomic E-state index is 0.0490. The van der Waals surface area contributed by atoms with E-state index in [2.05, 4.69) is 15.3 Å². The molecule has 3 aromatic rings. The van der Waals surface area contributed by atoms with Crippen LogP contribution in [0.4, 0.5) is 18.9 Å². The molecule has 1 aromatic carbocycles. The summed E-state index contributed by atoms with van der Waals surface area (Å²) in [5.74, 6) is -0.574. The summed E-state index contributed by atoms with van der Waals surface area (Å²) in [6.45, 7) is 3.94. The molecule has 0 bridgehead atoms. The first kappa shape index (κ1) is 18.7. The van der Waals surface area contributed by atoms with Crippen molar-refractivity contribution < 1.29 is 18.0 Å². The van der Waals surface area contributed by atoms with Crippen molar-refractivity contribution in [2.24, 2.45) is 0 Å². The van der Waals surface area contributed by atoms with Gasteiger partial charge in [-0.15, -0.1) is 11.3 Å². The molecule has 2 aromatic heterocycles. The number of carbonyl (C=O) groups is 1. The summed E-state index contributed by atoms with van der Waals surface area (Å²) in [5.41, 5.74) is -0.0657. The molecule has 2 heterocycles. The van der Waals surface area contributed by atoms with Gasteiger partial charge in [-0.1, -0.05) is 23.9 Å². The highest BCUT2D eigenvalue weighted by molar-refractivity contribution is 8.00. The predicted molar refractivity (Wildman–Crippen MR) is 97.7 cm³/mol. The zero-order valence-corrected chi connectivity index (χ0v) is 15.5. The fourth-order valence-electron chi connectivity index (χ4n) is 2.42. The number of benzene rings is 1. The molecule has 9 heteroatoms. The Labute approximate surface area is 155 Å². The van der Waals surface area contributed by atoms with E-state index >= 15 is 0 Å². The van der Waals surface area contributed by atoms with E-state index in [0.717, 1.165) is 26.7 Å². The Kier molecular flexibility index (Phi) is 5.19. The number of fused-ring (bicyclic) bond motifs is 1. The van der Waals surface area contributed by atoms with Gasteiger partial charge >= 0.3 is 6.18 Å². The number of nitrogens with zero attached hydrogens (tertiary/aromatic N) is 2. The Hall–Kier alpha value is -2.13. The number of thiophene rings is 1. The normalized spacial score (nSPS) is 11.7. The van der Waals surface area contributed by atoms with Crippen LogP contribution in [0, 0.1) is 13.8 Å². The number of hydrogen-bond donors (Lipinski definition) is 1. The average molecular weight is 397 g/mol. The SMILES string of the molecule is Cc1sc2ncnc(SCC(=O)Nc3ccccc3C(F)(F)F)c2c1C. The molecule has 0 spiro atoms. The molecule has 0 saturated heterocycles. The molecule has 0 fully saturated rings. The van der Waals surface area contributed by atoms with E-state index in [1.807, 2.05) is 13.8 Å². The molecule has 4 nitrogen and oxygen atoms in total. The van der Waals surface area contributed by atoms with E-state index in [1.165, 1.54) is 36.3 Å². The van der Waals surface area contributed by atoms with Gasteiger partial charge in [0.25, 0.3) is 0 Å². The second-order valence-corrected chi connectivity index (χ2v) is 7.69. The van der Waals surface area contributed by atoms with Crippen molar-refractivity contribution >= 4 is 44.9 Å². The van der Waals surface area contributed by atoms with Crippen molar-refractivity contribution in [2.45, 2.75) is 25.0 Å². The van der Waals surface area contributed by atoms with Crippen LogP contribution < -0.4 is 5.32 Å². The van der Waals surface area contributed by atoms with Crippen LogP contribution in [0.2, 0.25) is 0 Å². The van der Waals surface area contributed by atoms with Crippen molar-refractivity contribution in [3.05, 3.63) is 46.6 Å². The van der Waals surface area contributed by atoms with Crippen molar-refractivity contribution in [3.8, 4) is 0 Å². The zero-order valence-electron chi connectivity index (χ0n) is 13.8. The van der Waals surface area contributed by atoms with Crippen molar-refractivity contribution in [2.75, 3.05) is 11.1 Å². The van der Waals surface area contributed by atoms with Crippen LogP contribution in [-0.2, 0) is 11.0 Å². The lowest BCUT2D eigenvalue weighted by molar-refractivity contribution is -0.137. The van der Waals surface area contributed by atoms with E-state index in [0.29, 0.717) is 5.03 Å². The highest BCUT2D eigenvalue weighted by atomic mass is 32.2. The lowest BCUT2D eigenvalue weighted by Gasteiger charge is -2.13. The van der Waals surface area contributed by atoms with Crippen LogP contribution >= 0.6 is 23.1 Å². The van der Waals surface area contributed by atoms with Crippen molar-refractivity contribution in [1.82, 2.24) is 9.97 Å². The molecule has 0 saturated carbocycles. The van der Waals surface area contributed by atoms with Gasteiger partial charge in [-0.2, -0.15) is 13.2 Å². The largest absolute Gasteiger partial charge is 0.418 e. The minimum atomic E-state index is -4.53. The van der Waals surface area contributed by atoms with Gasteiger partial charge in [0.15, 0.2) is 0 Å². The maximum Gasteiger partial charge on any atom is 0.418 e. The smallest absolute Gasteiger partial charge is 0.325 e. The Balaban J connectivity index is 1.75. The molecule has 0 atom stereocenters. The minimum Gasteiger partial charge on any atom is -0.325 e. The summed E-state index contributed by atoms with van der Waals surface area (Å²) >= 11 is 2.72. The van der Waals surface area contributed by atoms with Gasteiger partial charge in [-0.25, -0.2) is 9.97 Å². The number of hydrogen-bond acceptors (Lipinski definition) is 5. The number of amides is 1. The molecule has 1 amide bonds. The van der Waals surface area contributed by atoms with Crippen LogP contribution in [0.5, 0.6) is 0 Å². The van der Waals surface area contributed by atoms with Gasteiger partial charge in [0, 0.05) is 10.3 Å². The fraction of sp³-hybridized carbons (Fsp3) is 0.235. The number of nitrogens with one attached hydrogen (secondary N) is 1. The number of para-hydroxylation sites is 1. The highest BCUT2D eigenvalue weighted by Crippen LogP contribution is 2.36. The number of aryl methyl sites for hydroxylation is 2. The van der Waals surface area contributed by atoms with E-state index in [-0.39, 0.29) is 11.4 Å². The summed E-state index contributed by atoms with van der Waals surface area (Å²) in [4.78, 5) is 22.5. The first-order chi connectivity index (χ1) is 12.3. The number of rotatable bonds is 4. The third-order valence-corrected chi connectivity index (χ3v) is 5.88. The van der Waals surface area contributed by atoms with Gasteiger partial charge in [0.05, 0.1) is 17.0 Å². The monoisotopic (exact) mass is 397 g/mol. The lowest BCUT2D eigenvalue weighted by Crippen LogP contribution is -2.18. The molecule has 0 aliphatic carbocycles. The molecular formula is C17H14F3N3OS2. The van der Waals surface area contributed by atoms with Crippen LogP contribution in [0.3, 0.4) is 0 Å². The standard InChI is InChI=1S/C17H14F3N3OS2/c1-9-10(2)26-16-14(9)15(21-8-22-16)25-7-13(24)23-12-6-4-3-5-11(12)17(18,19)20/h3-6,8H,7H2,1-2H3,(H,23,24). The van der Waals surface area contributed by atoms with Gasteiger partial charge < -0.3 is 5.32 Å². The first-order valence-corrected chi connectivity index (χ1v) is 9.37. The molecule has 136 valence electrons. The Morgan fingerprint density at radius 1 is 1.23 bits per heavy atom. The number of alkyl halides is 3. The number of anilines is 1. The van der Waals surface area contributed by atoms with Gasteiger partial charge in [0.1, 0.15) is 16.2 Å². The summed E-state index contributed by atoms with van der Waals surface area (Å²) in [5, 5.41) is 3.88. The summed E-state index contributed by atoms with van der Waals surface area (Å²) in [6.07, 6.45) is -3.10. The average Bonchev–Trinajstić information content (AvgIpc) is 2.87. The first-order valence-electron chi connectivity index (χ1n) is 7.57. The van der Waals surface area contributed by atoms with E-state index in [4.69, 9.17) is 0 Å². The third kappa shape index (κ3) is 3.83. The molecular weight excluding hydrogens is 383 g/mol. The number of halogens is 3. The van der Waals surface area contributed by atoms with E-state index in [9.17, 15) is 18.0 Å². The van der Waals surface area contributed by atoms with E-state index < -0.39 is 17.6 Å². The maximum absolute atomic E-state index is 13.0. The van der Waals surface area contributed by atoms with Crippen LogP contribution in [0.15, 0.2) is 35.6 Å². The molecule has 0 aliphatic rings. The third-order valence-electron chi connectivity index (χ3n) is 3.78. The lowest BCUT2D eigenvalue weighted by atomic mass is 10.1. The van der Waals surface area contributed by atoms with Crippen molar-refractivity contribution in [3.63, 3.8) is 0 Å². The van der Waals surface area contributed by atoms with Gasteiger partial charge in [-0.3, -0.25) is 4.79 Å².